The highest BCUT2D eigenvalue weighted by molar-refractivity contribution is 7.13. The van der Waals surface area contributed by atoms with E-state index in [1.165, 1.54) is 0 Å². The van der Waals surface area contributed by atoms with Crippen molar-refractivity contribution in [2.24, 2.45) is 16.9 Å². The summed E-state index contributed by atoms with van der Waals surface area (Å²) in [5, 5.41) is 24.4. The fourth-order valence-corrected chi connectivity index (χ4v) is 11.0. The maximum absolute atomic E-state index is 14.5. The van der Waals surface area contributed by atoms with E-state index in [0.29, 0.717) is 54.7 Å². The molecule has 1 aliphatic heterocycles. The van der Waals surface area contributed by atoms with Gasteiger partial charge in [0, 0.05) is 55.9 Å². The van der Waals surface area contributed by atoms with Gasteiger partial charge in [0.05, 0.1) is 91.2 Å². The molecule has 78 heavy (non-hydrogen) atoms. The number of fused-ring (bicyclic) bond motifs is 2. The van der Waals surface area contributed by atoms with Crippen molar-refractivity contribution in [3.05, 3.63) is 94.1 Å². The van der Waals surface area contributed by atoms with E-state index in [9.17, 15) is 29.1 Å². The molecule has 10 N–H and O–H groups in total. The number of primary amides is 1. The molecule has 1 aliphatic carbocycles. The number of likely N-dealkylation sites (tertiary alicyclic amines) is 1. The minimum Gasteiger partial charge on any atom is -0.392 e. The Hall–Kier alpha value is -6.70. The molecule has 0 spiro atoms. The summed E-state index contributed by atoms with van der Waals surface area (Å²) >= 11 is 1.54. The molecule has 23 heteroatoms. The number of rotatable bonds is 27. The lowest BCUT2D eigenvalue weighted by molar-refractivity contribution is -0.147. The van der Waals surface area contributed by atoms with E-state index in [-0.39, 0.29) is 82.6 Å². The Morgan fingerprint density at radius 3 is 2.33 bits per heavy atom. The molecule has 5 atom stereocenters. The zero-order valence-electron chi connectivity index (χ0n) is 44.7. The number of aliphatic hydroxyl groups is 1. The van der Waals surface area contributed by atoms with Gasteiger partial charge in [-0.25, -0.2) is 15.0 Å². The molecule has 8 rings (SSSR count). The van der Waals surface area contributed by atoms with Gasteiger partial charge < -0.3 is 61.4 Å². The van der Waals surface area contributed by atoms with Crippen LogP contribution in [0.1, 0.15) is 64.1 Å². The van der Waals surface area contributed by atoms with Crippen molar-refractivity contribution >= 4 is 74.1 Å². The fraction of sp³-hybridized carbons (Fsp3) is 0.491. The van der Waals surface area contributed by atoms with Crippen LogP contribution in [0, 0.1) is 12.3 Å². The number of carbonyl (C=O) groups excluding carboxylic acids is 4. The third-order valence-corrected chi connectivity index (χ3v) is 15.1. The van der Waals surface area contributed by atoms with Gasteiger partial charge in [-0.3, -0.25) is 33.9 Å². The SMILES string of the molecule is Cc1ncsc1-c1ccc(CN2C[C@@H](O)C[C@@]2(C(N)=O)C(=O)[C@@H](NC(=O)COCCOCCOCCOCCNC(=O)Cn2ccc3cccc(Nc4nccc5nc(N[C@H]6CCCC[C@@H]6N)[nH]c(=O)c45)c32)C(C)(C)C)cc1. The average Bonchev–Trinajstić information content (AvgIpc) is 4.29. The van der Waals surface area contributed by atoms with Crippen LogP contribution < -0.4 is 38.3 Å². The lowest BCUT2D eigenvalue weighted by Crippen LogP contribution is -2.66. The number of aliphatic hydroxyl groups excluding tert-OH is 1. The van der Waals surface area contributed by atoms with E-state index in [4.69, 9.17) is 30.4 Å². The molecule has 6 aromatic rings. The molecule has 4 aromatic heterocycles. The normalized spacial score (nSPS) is 19.2. The second kappa shape index (κ2) is 26.3. The number of amides is 3. The lowest BCUT2D eigenvalue weighted by atomic mass is 9.75. The highest BCUT2D eigenvalue weighted by Gasteiger charge is 2.58. The summed E-state index contributed by atoms with van der Waals surface area (Å²) in [6.07, 6.45) is 6.23. The molecule has 22 nitrogen and oxygen atoms in total. The van der Waals surface area contributed by atoms with Crippen molar-refractivity contribution in [2.75, 3.05) is 76.6 Å². The standard InChI is InChI=1S/C55H72N12O10S/c1-34-47(78-33-60-34)37-14-12-35(13-15-37)29-67-30-38(68)28-55(67,52(57)73)49(71)48(54(2,3)4)64-44(70)32-77-27-26-76-25-24-75-23-22-74-21-19-58-43(69)31-66-20-17-36-8-7-11-42(46(36)66)61-50-45-41(16-18-59-50)63-53(65-51(45)72)62-40-10-6-5-9-39(40)56/h7-8,11-18,20,33,38-40,48,68H,5-6,9-10,19,21-32,56H2,1-4H3,(H2,57,73)(H,58,69)(H,59,61)(H,64,70)(H2,62,63,65,72)/t38-,39-,40-,48+,55-/m0/s1. The molecule has 3 amide bonds. The van der Waals surface area contributed by atoms with E-state index >= 15 is 0 Å². The molecule has 0 unspecified atom stereocenters. The number of carbonyl (C=O) groups is 4. The number of ether oxygens (including phenoxy) is 4. The number of pyridine rings is 1. The number of hydrogen-bond donors (Lipinski definition) is 8. The number of aryl methyl sites for hydroxylation is 1. The van der Waals surface area contributed by atoms with Crippen LogP contribution in [0.3, 0.4) is 0 Å². The van der Waals surface area contributed by atoms with Gasteiger partial charge in [-0.05, 0) is 54.5 Å². The summed E-state index contributed by atoms with van der Waals surface area (Å²) < 4.78 is 24.2. The van der Waals surface area contributed by atoms with E-state index in [0.717, 1.165) is 58.3 Å². The van der Waals surface area contributed by atoms with Crippen molar-refractivity contribution in [1.29, 1.82) is 0 Å². The smallest absolute Gasteiger partial charge is 0.263 e. The van der Waals surface area contributed by atoms with Gasteiger partial charge in [0.15, 0.2) is 11.3 Å². The molecule has 5 heterocycles. The first kappa shape index (κ1) is 57.5. The number of nitrogens with two attached hydrogens (primary N) is 2. The molecule has 2 fully saturated rings. The number of nitrogens with one attached hydrogen (secondary N) is 5. The van der Waals surface area contributed by atoms with Crippen molar-refractivity contribution in [3.8, 4) is 10.4 Å². The van der Waals surface area contributed by atoms with Gasteiger partial charge >= 0.3 is 0 Å². The first-order valence-electron chi connectivity index (χ1n) is 26.4. The maximum atomic E-state index is 14.5. The number of thiazole rings is 1. The zero-order valence-corrected chi connectivity index (χ0v) is 45.5. The Morgan fingerprint density at radius 1 is 0.923 bits per heavy atom. The molecule has 1 saturated carbocycles. The van der Waals surface area contributed by atoms with Crippen LogP contribution in [0.15, 0.2) is 77.3 Å². The predicted octanol–water partition coefficient (Wildman–Crippen LogP) is 3.90. The molecule has 2 aromatic carbocycles. The van der Waals surface area contributed by atoms with Gasteiger partial charge in [0.1, 0.15) is 24.4 Å². The number of Topliss-reactive ketones (excluding diaryl/α,β-unsaturated/α-hetero) is 1. The quantitative estimate of drug-likeness (QED) is 0.0268. The number of aromatic nitrogens is 5. The second-order valence-corrected chi connectivity index (χ2v) is 21.7. The number of hydrogen-bond acceptors (Lipinski definition) is 18. The molecule has 1 saturated heterocycles. The summed E-state index contributed by atoms with van der Waals surface area (Å²) in [5.74, 6) is -1.54. The third-order valence-electron chi connectivity index (χ3n) is 14.1. The van der Waals surface area contributed by atoms with Crippen molar-refractivity contribution in [3.63, 3.8) is 0 Å². The Balaban J connectivity index is 0.703. The molecular weight excluding hydrogens is 1020 g/mol. The highest BCUT2D eigenvalue weighted by atomic mass is 32.1. The highest BCUT2D eigenvalue weighted by Crippen LogP contribution is 2.37. The Kier molecular flexibility index (Phi) is 19.4. The van der Waals surface area contributed by atoms with Gasteiger partial charge in [-0.1, -0.05) is 70.0 Å². The monoisotopic (exact) mass is 1090 g/mol. The minimum absolute atomic E-state index is 0.0130. The lowest BCUT2D eigenvalue weighted by Gasteiger charge is -2.40. The number of benzene rings is 2. The molecule has 418 valence electrons. The van der Waals surface area contributed by atoms with Gasteiger partial charge in [-0.2, -0.15) is 0 Å². The van der Waals surface area contributed by atoms with Crippen LogP contribution in [0.5, 0.6) is 0 Å². The van der Waals surface area contributed by atoms with Gasteiger partial charge in [0.25, 0.3) is 5.56 Å². The van der Waals surface area contributed by atoms with Crippen LogP contribution in [0.2, 0.25) is 0 Å². The minimum atomic E-state index is -1.86. The summed E-state index contributed by atoms with van der Waals surface area (Å²) in [6.45, 7) is 9.22. The molecule has 0 radical (unpaired) electrons. The van der Waals surface area contributed by atoms with Gasteiger partial charge in [0.2, 0.25) is 23.7 Å². The van der Waals surface area contributed by atoms with Crippen molar-refractivity contribution in [1.82, 2.24) is 40.0 Å². The average molecular weight is 1090 g/mol. The van der Waals surface area contributed by atoms with Crippen LogP contribution >= 0.6 is 11.3 Å². The largest absolute Gasteiger partial charge is 0.392 e. The Labute approximate surface area is 456 Å². The van der Waals surface area contributed by atoms with Crippen LogP contribution in [0.25, 0.3) is 32.2 Å². The number of ketones is 1. The van der Waals surface area contributed by atoms with E-state index < -0.39 is 40.7 Å². The van der Waals surface area contributed by atoms with Gasteiger partial charge in [-0.15, -0.1) is 11.3 Å². The van der Waals surface area contributed by atoms with Crippen LogP contribution in [0.4, 0.5) is 17.5 Å². The maximum Gasteiger partial charge on any atom is 0.263 e. The zero-order chi connectivity index (χ0) is 55.4. The third kappa shape index (κ3) is 14.1. The number of nitrogens with zero attached hydrogens (tertiary/aromatic N) is 5. The van der Waals surface area contributed by atoms with Crippen molar-refractivity contribution in [2.45, 2.75) is 103 Å². The summed E-state index contributed by atoms with van der Waals surface area (Å²) in [7, 11) is 0. The van der Waals surface area contributed by atoms with Crippen molar-refractivity contribution < 1.29 is 43.2 Å². The van der Waals surface area contributed by atoms with E-state index in [1.54, 1.807) is 54.8 Å². The Morgan fingerprint density at radius 2 is 1.64 bits per heavy atom. The van der Waals surface area contributed by atoms with Crippen LogP contribution in [-0.4, -0.2) is 154 Å². The van der Waals surface area contributed by atoms with E-state index in [1.807, 2.05) is 66.2 Å². The number of aromatic amines is 1. The fourth-order valence-electron chi connectivity index (χ4n) is 10.1. The summed E-state index contributed by atoms with van der Waals surface area (Å²) in [6, 6.07) is 15.9. The first-order chi connectivity index (χ1) is 37.5. The molecule has 0 bridgehead atoms. The topological polar surface area (TPSA) is 305 Å². The molecule has 2 aliphatic rings. The second-order valence-electron chi connectivity index (χ2n) is 20.9. The summed E-state index contributed by atoms with van der Waals surface area (Å²) in [4.78, 5) is 86.6. The first-order valence-corrected chi connectivity index (χ1v) is 27.3. The predicted molar refractivity (Wildman–Crippen MR) is 297 cm³/mol. The van der Waals surface area contributed by atoms with E-state index in [2.05, 4.69) is 41.2 Å². The molecular formula is C55H72N12O10S. The number of H-pyrrole nitrogens is 1. The number of anilines is 3. The summed E-state index contributed by atoms with van der Waals surface area (Å²) in [5.41, 5.74) is 15.8. The van der Waals surface area contributed by atoms with Crippen LogP contribution in [-0.2, 0) is 51.2 Å². The number of para-hydroxylation sites is 1. The Bertz CT molecular complexity index is 3090. The number of β-amino-alcohol motifs (C(OH)–C–C–N with tert-alkyl or cyclic N) is 1.